The summed E-state index contributed by atoms with van der Waals surface area (Å²) in [5, 5.41) is 9.32. The fourth-order valence-electron chi connectivity index (χ4n) is 2.48. The van der Waals surface area contributed by atoms with Crippen LogP contribution >= 0.6 is 0 Å². The second-order valence-electron chi connectivity index (χ2n) is 4.88. The molecule has 0 aromatic heterocycles. The Bertz CT molecular complexity index is 171. The first kappa shape index (κ1) is 12.0. The van der Waals surface area contributed by atoms with Gasteiger partial charge in [0.2, 0.25) is 0 Å². The van der Waals surface area contributed by atoms with E-state index >= 15 is 0 Å². The van der Waals surface area contributed by atoms with Gasteiger partial charge in [-0.25, -0.2) is 0 Å². The minimum Gasteiger partial charge on any atom is -0.395 e. The van der Waals surface area contributed by atoms with Crippen molar-refractivity contribution < 1.29 is 5.11 Å². The van der Waals surface area contributed by atoms with Crippen LogP contribution < -0.4 is 5.73 Å². The SMILES string of the molecule is CC(C)(CCN)N1CCCCC1CO. The summed E-state index contributed by atoms with van der Waals surface area (Å²) in [5.41, 5.74) is 5.76. The maximum Gasteiger partial charge on any atom is 0.0587 e. The lowest BCUT2D eigenvalue weighted by Gasteiger charge is -2.46. The molecule has 1 aliphatic heterocycles. The third kappa shape index (κ3) is 2.69. The van der Waals surface area contributed by atoms with Gasteiger partial charge in [-0.2, -0.15) is 0 Å². The first-order chi connectivity index (χ1) is 6.61. The molecule has 0 spiro atoms. The highest BCUT2D eigenvalue weighted by molar-refractivity contribution is 4.89. The van der Waals surface area contributed by atoms with Crippen LogP contribution in [0.2, 0.25) is 0 Å². The van der Waals surface area contributed by atoms with Gasteiger partial charge >= 0.3 is 0 Å². The number of rotatable bonds is 4. The predicted octanol–water partition coefficient (Wildman–Crippen LogP) is 0.961. The molecule has 14 heavy (non-hydrogen) atoms. The van der Waals surface area contributed by atoms with E-state index in [2.05, 4.69) is 18.7 Å². The van der Waals surface area contributed by atoms with Crippen LogP contribution in [0.25, 0.3) is 0 Å². The highest BCUT2D eigenvalue weighted by atomic mass is 16.3. The van der Waals surface area contributed by atoms with Crippen molar-refractivity contribution in [2.24, 2.45) is 5.73 Å². The maximum atomic E-state index is 9.32. The Hall–Kier alpha value is -0.120. The third-order valence-corrected chi connectivity index (χ3v) is 3.37. The van der Waals surface area contributed by atoms with Crippen LogP contribution in [0, 0.1) is 0 Å². The molecule has 0 aromatic rings. The van der Waals surface area contributed by atoms with Gasteiger partial charge < -0.3 is 10.8 Å². The average Bonchev–Trinajstić information content (AvgIpc) is 2.18. The summed E-state index contributed by atoms with van der Waals surface area (Å²) in [4.78, 5) is 2.43. The minimum atomic E-state index is 0.141. The van der Waals surface area contributed by atoms with E-state index in [1.54, 1.807) is 0 Å². The molecule has 3 heteroatoms. The molecule has 0 bridgehead atoms. The van der Waals surface area contributed by atoms with E-state index < -0.39 is 0 Å². The Morgan fingerprint density at radius 1 is 1.43 bits per heavy atom. The maximum absolute atomic E-state index is 9.32. The van der Waals surface area contributed by atoms with Gasteiger partial charge in [0, 0.05) is 11.6 Å². The van der Waals surface area contributed by atoms with E-state index in [1.807, 2.05) is 0 Å². The molecular formula is C11H24N2O. The zero-order chi connectivity index (χ0) is 10.6. The molecule has 0 aromatic carbocycles. The minimum absolute atomic E-state index is 0.141. The summed E-state index contributed by atoms with van der Waals surface area (Å²) in [6.07, 6.45) is 4.64. The fourth-order valence-corrected chi connectivity index (χ4v) is 2.48. The highest BCUT2D eigenvalue weighted by Gasteiger charge is 2.33. The fraction of sp³-hybridized carbons (Fsp3) is 1.00. The molecule has 0 aliphatic carbocycles. The summed E-state index contributed by atoms with van der Waals surface area (Å²) in [5.74, 6) is 0. The largest absolute Gasteiger partial charge is 0.395 e. The molecular weight excluding hydrogens is 176 g/mol. The van der Waals surface area contributed by atoms with Gasteiger partial charge in [0.1, 0.15) is 0 Å². The van der Waals surface area contributed by atoms with Crippen molar-refractivity contribution in [2.45, 2.75) is 51.1 Å². The van der Waals surface area contributed by atoms with E-state index in [4.69, 9.17) is 5.73 Å². The van der Waals surface area contributed by atoms with Crippen molar-refractivity contribution in [3.8, 4) is 0 Å². The molecule has 1 aliphatic rings. The van der Waals surface area contributed by atoms with Gasteiger partial charge in [0.25, 0.3) is 0 Å². The topological polar surface area (TPSA) is 49.5 Å². The monoisotopic (exact) mass is 200 g/mol. The van der Waals surface area contributed by atoms with Crippen LogP contribution in [0.5, 0.6) is 0 Å². The van der Waals surface area contributed by atoms with Gasteiger partial charge in [-0.15, -0.1) is 0 Å². The predicted molar refractivity (Wildman–Crippen MR) is 59.2 cm³/mol. The van der Waals surface area contributed by atoms with Crippen molar-refractivity contribution >= 4 is 0 Å². The van der Waals surface area contributed by atoms with Crippen LogP contribution in [0.3, 0.4) is 0 Å². The van der Waals surface area contributed by atoms with Crippen LogP contribution in [-0.2, 0) is 0 Å². The van der Waals surface area contributed by atoms with Crippen LogP contribution in [0.4, 0.5) is 0 Å². The molecule has 1 saturated heterocycles. The molecule has 1 fully saturated rings. The molecule has 1 rings (SSSR count). The molecule has 1 atom stereocenters. The lowest BCUT2D eigenvalue weighted by atomic mass is 9.91. The van der Waals surface area contributed by atoms with Crippen molar-refractivity contribution in [2.75, 3.05) is 19.7 Å². The molecule has 3 N–H and O–H groups in total. The van der Waals surface area contributed by atoms with E-state index in [0.717, 1.165) is 25.9 Å². The number of aliphatic hydroxyl groups excluding tert-OH is 1. The van der Waals surface area contributed by atoms with Gasteiger partial charge in [0.05, 0.1) is 6.61 Å². The second-order valence-corrected chi connectivity index (χ2v) is 4.88. The Morgan fingerprint density at radius 3 is 2.71 bits per heavy atom. The Morgan fingerprint density at radius 2 is 2.14 bits per heavy atom. The second kappa shape index (κ2) is 5.10. The molecule has 0 saturated carbocycles. The van der Waals surface area contributed by atoms with E-state index in [0.29, 0.717) is 6.04 Å². The zero-order valence-electron chi connectivity index (χ0n) is 9.50. The summed E-state index contributed by atoms with van der Waals surface area (Å²) in [7, 11) is 0. The molecule has 1 heterocycles. The van der Waals surface area contributed by atoms with Crippen molar-refractivity contribution in [1.29, 1.82) is 0 Å². The molecule has 0 amide bonds. The summed E-state index contributed by atoms with van der Waals surface area (Å²) >= 11 is 0. The normalized spacial score (nSPS) is 25.3. The van der Waals surface area contributed by atoms with E-state index in [1.165, 1.54) is 12.8 Å². The first-order valence-corrected chi connectivity index (χ1v) is 5.69. The van der Waals surface area contributed by atoms with Gasteiger partial charge in [0.15, 0.2) is 0 Å². The van der Waals surface area contributed by atoms with E-state index in [9.17, 15) is 5.11 Å². The van der Waals surface area contributed by atoms with E-state index in [-0.39, 0.29) is 12.1 Å². The molecule has 3 nitrogen and oxygen atoms in total. The summed E-state index contributed by atoms with van der Waals surface area (Å²) in [6, 6.07) is 0.352. The average molecular weight is 200 g/mol. The summed E-state index contributed by atoms with van der Waals surface area (Å²) < 4.78 is 0. The third-order valence-electron chi connectivity index (χ3n) is 3.37. The van der Waals surface area contributed by atoms with Gasteiger partial charge in [-0.05, 0) is 46.2 Å². The first-order valence-electron chi connectivity index (χ1n) is 5.69. The lowest BCUT2D eigenvalue weighted by molar-refractivity contribution is 0.00806. The molecule has 0 radical (unpaired) electrons. The number of hydrogen-bond donors (Lipinski definition) is 2. The number of piperidine rings is 1. The number of nitrogens with two attached hydrogens (primary N) is 1. The molecule has 84 valence electrons. The quantitative estimate of drug-likeness (QED) is 0.710. The number of likely N-dealkylation sites (tertiary alicyclic amines) is 1. The number of nitrogens with zero attached hydrogens (tertiary/aromatic N) is 1. The Labute approximate surface area is 87.3 Å². The Balaban J connectivity index is 2.61. The zero-order valence-corrected chi connectivity index (χ0v) is 9.50. The van der Waals surface area contributed by atoms with Crippen LogP contribution in [0.1, 0.15) is 39.5 Å². The molecule has 1 unspecified atom stereocenters. The van der Waals surface area contributed by atoms with Gasteiger partial charge in [-0.1, -0.05) is 6.42 Å². The van der Waals surface area contributed by atoms with Crippen molar-refractivity contribution in [3.05, 3.63) is 0 Å². The van der Waals surface area contributed by atoms with Gasteiger partial charge in [-0.3, -0.25) is 4.90 Å². The van der Waals surface area contributed by atoms with Crippen LogP contribution in [-0.4, -0.2) is 41.3 Å². The number of hydrogen-bond acceptors (Lipinski definition) is 3. The highest BCUT2D eigenvalue weighted by Crippen LogP contribution is 2.27. The summed E-state index contributed by atoms with van der Waals surface area (Å²) in [6.45, 7) is 6.58. The van der Waals surface area contributed by atoms with Crippen molar-refractivity contribution in [3.63, 3.8) is 0 Å². The lowest BCUT2D eigenvalue weighted by Crippen LogP contribution is -2.54. The standard InChI is InChI=1S/C11H24N2O/c1-11(2,6-7-12)13-8-4-3-5-10(13)9-14/h10,14H,3-9,12H2,1-2H3. The number of aliphatic hydroxyl groups is 1. The Kier molecular flexibility index (Phi) is 4.35. The van der Waals surface area contributed by atoms with Crippen LogP contribution in [0.15, 0.2) is 0 Å². The smallest absolute Gasteiger partial charge is 0.0587 e. The van der Waals surface area contributed by atoms with Crippen molar-refractivity contribution in [1.82, 2.24) is 4.90 Å².